The molecular formula is C18H31Cl2N5O2S. The molecule has 1 atom stereocenters. The number of sulfonamides is 1. The van der Waals surface area contributed by atoms with Crippen LogP contribution in [0.15, 0.2) is 23.1 Å². The highest BCUT2D eigenvalue weighted by Gasteiger charge is 2.33. The van der Waals surface area contributed by atoms with Gasteiger partial charge in [-0.1, -0.05) is 6.92 Å². The summed E-state index contributed by atoms with van der Waals surface area (Å²) < 4.78 is 28.2. The highest BCUT2D eigenvalue weighted by molar-refractivity contribution is 7.89. The molecule has 1 aromatic heterocycles. The monoisotopic (exact) mass is 451 g/mol. The molecule has 10 heteroatoms. The number of aryl methyl sites for hydroxylation is 1. The fraction of sp³-hybridized carbons (Fsp3) is 0.611. The number of fused-ring (bicyclic) bond motifs is 1. The van der Waals surface area contributed by atoms with Crippen LogP contribution in [0.25, 0.3) is 11.0 Å². The first-order valence-electron chi connectivity index (χ1n) is 9.04. The van der Waals surface area contributed by atoms with Crippen molar-refractivity contribution in [3.63, 3.8) is 0 Å². The van der Waals surface area contributed by atoms with E-state index in [2.05, 4.69) is 23.3 Å². The molecule has 0 aliphatic carbocycles. The van der Waals surface area contributed by atoms with Crippen LogP contribution in [0.4, 0.5) is 0 Å². The number of aromatic nitrogens is 2. The van der Waals surface area contributed by atoms with Crippen LogP contribution in [-0.4, -0.2) is 60.9 Å². The molecule has 1 saturated heterocycles. The third-order valence-electron chi connectivity index (χ3n) is 5.39. The van der Waals surface area contributed by atoms with E-state index in [0.717, 1.165) is 49.5 Å². The second-order valence-corrected chi connectivity index (χ2v) is 9.84. The van der Waals surface area contributed by atoms with Crippen molar-refractivity contribution >= 4 is 45.9 Å². The molecule has 3 rings (SSSR count). The molecule has 2 N–H and O–H groups in total. The smallest absolute Gasteiger partial charge is 0.242 e. The standard InChI is InChI=1S/C18H29N5O2S.2ClH/c1-5-23-16-7-6-14(26(24,25)21(3)4)10-15(16)20-17(23)11-22-9-8-18(2,12-19)13-22;;/h6-7,10H,5,8-9,11-13,19H2,1-4H3;2*1H. The number of hydrogen-bond donors (Lipinski definition) is 1. The van der Waals surface area contributed by atoms with E-state index >= 15 is 0 Å². The van der Waals surface area contributed by atoms with E-state index in [1.54, 1.807) is 12.1 Å². The van der Waals surface area contributed by atoms with Crippen LogP contribution in [0.5, 0.6) is 0 Å². The van der Waals surface area contributed by atoms with Crippen LogP contribution in [0.2, 0.25) is 0 Å². The van der Waals surface area contributed by atoms with Crippen LogP contribution in [0.1, 0.15) is 26.1 Å². The summed E-state index contributed by atoms with van der Waals surface area (Å²) in [5.74, 6) is 0.975. The Hall–Kier alpha value is -0.900. The lowest BCUT2D eigenvalue weighted by molar-refractivity contribution is 0.267. The molecule has 1 aliphatic heterocycles. The van der Waals surface area contributed by atoms with Gasteiger partial charge in [0.25, 0.3) is 0 Å². The molecule has 1 fully saturated rings. The molecule has 7 nitrogen and oxygen atoms in total. The first-order valence-corrected chi connectivity index (χ1v) is 10.5. The van der Waals surface area contributed by atoms with E-state index in [1.807, 2.05) is 6.07 Å². The van der Waals surface area contributed by atoms with Gasteiger partial charge in [-0.15, -0.1) is 24.8 Å². The number of halogens is 2. The van der Waals surface area contributed by atoms with Crippen molar-refractivity contribution < 1.29 is 8.42 Å². The Morgan fingerprint density at radius 2 is 1.96 bits per heavy atom. The van der Waals surface area contributed by atoms with Gasteiger partial charge >= 0.3 is 0 Å². The molecule has 1 unspecified atom stereocenters. The summed E-state index contributed by atoms with van der Waals surface area (Å²) in [5, 5.41) is 0. The number of nitrogens with two attached hydrogens (primary N) is 1. The molecule has 1 aromatic carbocycles. The summed E-state index contributed by atoms with van der Waals surface area (Å²) >= 11 is 0. The molecule has 2 aromatic rings. The van der Waals surface area contributed by atoms with Crippen molar-refractivity contribution in [1.29, 1.82) is 0 Å². The minimum Gasteiger partial charge on any atom is -0.330 e. The molecular weight excluding hydrogens is 421 g/mol. The van der Waals surface area contributed by atoms with Gasteiger partial charge in [0.1, 0.15) is 5.82 Å². The maximum atomic E-state index is 12.4. The van der Waals surface area contributed by atoms with E-state index in [9.17, 15) is 8.42 Å². The Labute approximate surface area is 180 Å². The van der Waals surface area contributed by atoms with Gasteiger partial charge in [-0.3, -0.25) is 4.90 Å². The summed E-state index contributed by atoms with van der Waals surface area (Å²) in [5.41, 5.74) is 7.79. The van der Waals surface area contributed by atoms with Gasteiger partial charge in [0.05, 0.1) is 22.5 Å². The number of nitrogens with zero attached hydrogens (tertiary/aromatic N) is 4. The highest BCUT2D eigenvalue weighted by atomic mass is 35.5. The minimum atomic E-state index is -3.46. The number of likely N-dealkylation sites (tertiary alicyclic amines) is 1. The number of imidazole rings is 1. The summed E-state index contributed by atoms with van der Waals surface area (Å²) in [6.45, 7) is 8.55. The summed E-state index contributed by atoms with van der Waals surface area (Å²) in [6, 6.07) is 5.20. The Morgan fingerprint density at radius 1 is 1.29 bits per heavy atom. The Morgan fingerprint density at radius 3 is 2.50 bits per heavy atom. The maximum Gasteiger partial charge on any atom is 0.242 e. The second-order valence-electron chi connectivity index (χ2n) is 7.69. The van der Waals surface area contributed by atoms with Gasteiger partial charge in [-0.25, -0.2) is 17.7 Å². The van der Waals surface area contributed by atoms with Crippen molar-refractivity contribution in [2.24, 2.45) is 11.1 Å². The normalized spacial score (nSPS) is 20.4. The van der Waals surface area contributed by atoms with E-state index in [1.165, 1.54) is 18.4 Å². The minimum absolute atomic E-state index is 0. The van der Waals surface area contributed by atoms with Crippen LogP contribution in [-0.2, 0) is 23.1 Å². The molecule has 160 valence electrons. The van der Waals surface area contributed by atoms with Crippen molar-refractivity contribution in [3.8, 4) is 0 Å². The van der Waals surface area contributed by atoms with Crippen LogP contribution in [0.3, 0.4) is 0 Å². The van der Waals surface area contributed by atoms with Crippen molar-refractivity contribution in [2.45, 2.75) is 38.3 Å². The third kappa shape index (κ3) is 4.63. The van der Waals surface area contributed by atoms with Gasteiger partial charge in [0.2, 0.25) is 10.0 Å². The fourth-order valence-corrected chi connectivity index (χ4v) is 4.55. The summed E-state index contributed by atoms with van der Waals surface area (Å²) in [6.07, 6.45) is 1.10. The van der Waals surface area contributed by atoms with Crippen LogP contribution >= 0.6 is 24.8 Å². The topological polar surface area (TPSA) is 84.5 Å². The van der Waals surface area contributed by atoms with Gasteiger partial charge in [0, 0.05) is 27.2 Å². The third-order valence-corrected chi connectivity index (χ3v) is 7.20. The second kappa shape index (κ2) is 9.28. The Balaban J connectivity index is 0.00000196. The fourth-order valence-electron chi connectivity index (χ4n) is 3.63. The zero-order valence-corrected chi connectivity index (χ0v) is 19.3. The van der Waals surface area contributed by atoms with Gasteiger partial charge < -0.3 is 10.3 Å². The molecule has 0 bridgehead atoms. The van der Waals surface area contributed by atoms with Gasteiger partial charge in [-0.2, -0.15) is 0 Å². The van der Waals surface area contributed by atoms with E-state index in [4.69, 9.17) is 10.7 Å². The number of rotatable bonds is 6. The van der Waals surface area contributed by atoms with E-state index in [-0.39, 0.29) is 35.1 Å². The molecule has 0 saturated carbocycles. The predicted molar refractivity (Wildman–Crippen MR) is 118 cm³/mol. The van der Waals surface area contributed by atoms with Crippen LogP contribution < -0.4 is 5.73 Å². The van der Waals surface area contributed by atoms with Gasteiger partial charge in [0.15, 0.2) is 0 Å². The zero-order chi connectivity index (χ0) is 19.1. The maximum absolute atomic E-state index is 12.4. The Bertz CT molecular complexity index is 916. The lowest BCUT2D eigenvalue weighted by Crippen LogP contribution is -2.31. The molecule has 0 amide bonds. The first-order chi connectivity index (χ1) is 12.2. The SMILES string of the molecule is CCn1c(CN2CCC(C)(CN)C2)nc2cc(S(=O)(=O)N(C)C)ccc21.Cl.Cl. The van der Waals surface area contributed by atoms with E-state index < -0.39 is 10.0 Å². The van der Waals surface area contributed by atoms with Crippen molar-refractivity contribution in [3.05, 3.63) is 24.0 Å². The number of benzene rings is 1. The zero-order valence-electron chi connectivity index (χ0n) is 16.9. The lowest BCUT2D eigenvalue weighted by Gasteiger charge is -2.22. The van der Waals surface area contributed by atoms with Crippen LogP contribution in [0, 0.1) is 5.41 Å². The quantitative estimate of drug-likeness (QED) is 0.727. The van der Waals surface area contributed by atoms with Crippen molar-refractivity contribution in [1.82, 2.24) is 18.8 Å². The Kier molecular flexibility index (Phi) is 8.33. The molecule has 0 spiro atoms. The average molecular weight is 452 g/mol. The number of hydrogen-bond acceptors (Lipinski definition) is 5. The molecule has 1 aliphatic rings. The molecule has 0 radical (unpaired) electrons. The summed E-state index contributed by atoms with van der Waals surface area (Å²) in [7, 11) is -0.382. The predicted octanol–water partition coefficient (Wildman–Crippen LogP) is 2.32. The first kappa shape index (κ1) is 25.1. The highest BCUT2D eigenvalue weighted by Crippen LogP contribution is 2.30. The van der Waals surface area contributed by atoms with Crippen molar-refractivity contribution in [2.75, 3.05) is 33.7 Å². The van der Waals surface area contributed by atoms with Gasteiger partial charge in [-0.05, 0) is 50.0 Å². The average Bonchev–Trinajstić information content (AvgIpc) is 3.14. The largest absolute Gasteiger partial charge is 0.330 e. The summed E-state index contributed by atoms with van der Waals surface area (Å²) in [4.78, 5) is 7.42. The molecule has 2 heterocycles. The lowest BCUT2D eigenvalue weighted by atomic mass is 9.90. The van der Waals surface area contributed by atoms with E-state index in [0.29, 0.717) is 6.54 Å². The molecule has 28 heavy (non-hydrogen) atoms.